The molecule has 0 aliphatic heterocycles. The van der Waals surface area contributed by atoms with E-state index in [2.05, 4.69) is 5.32 Å². The zero-order valence-electron chi connectivity index (χ0n) is 15.5. The molecule has 2 aromatic rings. The molecule has 146 valence electrons. The van der Waals surface area contributed by atoms with Crippen LogP contribution < -0.4 is 10.1 Å². The van der Waals surface area contributed by atoms with E-state index < -0.39 is 0 Å². The Morgan fingerprint density at radius 2 is 1.89 bits per heavy atom. The fourth-order valence-electron chi connectivity index (χ4n) is 3.40. The van der Waals surface area contributed by atoms with Crippen molar-refractivity contribution in [3.8, 4) is 11.8 Å². The Bertz CT molecular complexity index is 853. The average molecular weight is 399 g/mol. The van der Waals surface area contributed by atoms with Gasteiger partial charge in [-0.05, 0) is 61.9 Å². The van der Waals surface area contributed by atoms with E-state index in [4.69, 9.17) is 26.7 Å². The van der Waals surface area contributed by atoms with E-state index in [1.807, 2.05) is 18.2 Å². The summed E-state index contributed by atoms with van der Waals surface area (Å²) in [6.45, 7) is 0.103. The van der Waals surface area contributed by atoms with E-state index in [0.717, 1.165) is 31.2 Å². The summed E-state index contributed by atoms with van der Waals surface area (Å²) in [5.41, 5.74) is 2.08. The molecule has 0 spiro atoms. The Balaban J connectivity index is 1.48. The van der Waals surface area contributed by atoms with E-state index in [-0.39, 0.29) is 24.7 Å². The molecule has 1 amide bonds. The van der Waals surface area contributed by atoms with Gasteiger partial charge in [0.1, 0.15) is 11.8 Å². The van der Waals surface area contributed by atoms with E-state index >= 15 is 0 Å². The number of hydrogen-bond acceptors (Lipinski definition) is 4. The molecule has 0 unspecified atom stereocenters. The second-order valence-electron chi connectivity index (χ2n) is 6.99. The first-order chi connectivity index (χ1) is 13.6. The number of nitrogens with zero attached hydrogens (tertiary/aromatic N) is 1. The van der Waals surface area contributed by atoms with Crippen molar-refractivity contribution in [2.75, 3.05) is 6.61 Å². The van der Waals surface area contributed by atoms with Crippen molar-refractivity contribution in [1.29, 1.82) is 5.26 Å². The summed E-state index contributed by atoms with van der Waals surface area (Å²) in [6, 6.07) is 14.6. The molecule has 2 aromatic carbocycles. The lowest BCUT2D eigenvalue weighted by atomic mass is 9.92. The lowest BCUT2D eigenvalue weighted by Gasteiger charge is -2.29. The number of carbonyl (C=O) groups is 1. The van der Waals surface area contributed by atoms with Crippen LogP contribution in [0.15, 0.2) is 42.5 Å². The zero-order valence-corrected chi connectivity index (χ0v) is 16.3. The number of nitrogens with one attached hydrogen (secondary N) is 1. The number of hydrogen-bond donors (Lipinski definition) is 2. The van der Waals surface area contributed by atoms with Gasteiger partial charge in [0.25, 0.3) is 5.91 Å². The van der Waals surface area contributed by atoms with Gasteiger partial charge in [-0.2, -0.15) is 5.26 Å². The fraction of sp³-hybridized carbons (Fsp3) is 0.364. The van der Waals surface area contributed by atoms with Crippen molar-refractivity contribution >= 4 is 17.5 Å². The van der Waals surface area contributed by atoms with E-state index in [1.54, 1.807) is 30.3 Å². The second-order valence-corrected chi connectivity index (χ2v) is 7.40. The molecule has 1 fully saturated rings. The molecular weight excluding hydrogens is 376 g/mol. The van der Waals surface area contributed by atoms with Gasteiger partial charge in [0.15, 0.2) is 0 Å². The van der Waals surface area contributed by atoms with Crippen molar-refractivity contribution in [3.63, 3.8) is 0 Å². The quantitative estimate of drug-likeness (QED) is 0.773. The van der Waals surface area contributed by atoms with Gasteiger partial charge >= 0.3 is 0 Å². The second kappa shape index (κ2) is 9.59. The summed E-state index contributed by atoms with van der Waals surface area (Å²) in [5, 5.41) is 21.4. The van der Waals surface area contributed by atoms with Crippen molar-refractivity contribution in [1.82, 2.24) is 5.32 Å². The summed E-state index contributed by atoms with van der Waals surface area (Å²) in [5.74, 6) is 0.596. The molecule has 28 heavy (non-hydrogen) atoms. The number of aliphatic hydroxyl groups is 1. The highest BCUT2D eigenvalue weighted by Crippen LogP contribution is 2.27. The first kappa shape index (κ1) is 20.2. The number of carbonyl (C=O) groups excluding carboxylic acids is 1. The van der Waals surface area contributed by atoms with Crippen LogP contribution in [-0.4, -0.2) is 29.8 Å². The van der Waals surface area contributed by atoms with Crippen LogP contribution in [0.1, 0.15) is 47.2 Å². The lowest BCUT2D eigenvalue weighted by molar-refractivity contribution is 0.0894. The molecule has 0 heterocycles. The summed E-state index contributed by atoms with van der Waals surface area (Å²) in [6.07, 6.45) is 4.06. The molecule has 0 saturated heterocycles. The van der Waals surface area contributed by atoms with Crippen molar-refractivity contribution in [2.24, 2.45) is 0 Å². The summed E-state index contributed by atoms with van der Waals surface area (Å²) in [4.78, 5) is 12.4. The van der Waals surface area contributed by atoms with Crippen LogP contribution >= 0.6 is 11.6 Å². The topological polar surface area (TPSA) is 82.3 Å². The average Bonchev–Trinajstić information content (AvgIpc) is 2.70. The largest absolute Gasteiger partial charge is 0.490 e. The highest BCUT2D eigenvalue weighted by molar-refractivity contribution is 6.31. The number of benzene rings is 2. The molecule has 3 rings (SSSR count). The standard InChI is InChI=1S/C22H23ClN2O3/c23-21-13-20(8-5-17(21)14-24)28-19-9-6-18(7-10-19)25-22(27)16-3-1-15(2-4-16)11-12-26/h1-5,8,13,18-19,26H,6-7,9-12H2,(H,25,27). The minimum atomic E-state index is -0.0706. The monoisotopic (exact) mass is 398 g/mol. The predicted octanol–water partition coefficient (Wildman–Crippen LogP) is 3.87. The highest BCUT2D eigenvalue weighted by Gasteiger charge is 2.24. The number of nitriles is 1. The van der Waals surface area contributed by atoms with Crippen molar-refractivity contribution in [3.05, 3.63) is 64.2 Å². The van der Waals surface area contributed by atoms with Gasteiger partial charge in [-0.3, -0.25) is 4.79 Å². The predicted molar refractivity (Wildman–Crippen MR) is 108 cm³/mol. The SMILES string of the molecule is N#Cc1ccc(OC2CCC(NC(=O)c3ccc(CCO)cc3)CC2)cc1Cl. The minimum absolute atomic E-state index is 0.0706. The number of amides is 1. The number of rotatable bonds is 6. The normalized spacial score (nSPS) is 18.9. The molecule has 0 aromatic heterocycles. The maximum atomic E-state index is 12.4. The highest BCUT2D eigenvalue weighted by atomic mass is 35.5. The van der Waals surface area contributed by atoms with E-state index in [1.165, 1.54) is 0 Å². The lowest BCUT2D eigenvalue weighted by Crippen LogP contribution is -2.39. The zero-order chi connectivity index (χ0) is 19.9. The van der Waals surface area contributed by atoms with Crippen LogP contribution in [0.25, 0.3) is 0 Å². The molecule has 0 bridgehead atoms. The first-order valence-corrected chi connectivity index (χ1v) is 9.84. The minimum Gasteiger partial charge on any atom is -0.490 e. The molecule has 1 aliphatic carbocycles. The van der Waals surface area contributed by atoms with Gasteiger partial charge in [-0.1, -0.05) is 23.7 Å². The smallest absolute Gasteiger partial charge is 0.251 e. The van der Waals surface area contributed by atoms with Gasteiger partial charge in [0, 0.05) is 24.3 Å². The van der Waals surface area contributed by atoms with Crippen LogP contribution in [0, 0.1) is 11.3 Å². The summed E-state index contributed by atoms with van der Waals surface area (Å²) < 4.78 is 5.98. The van der Waals surface area contributed by atoms with Crippen LogP contribution in [0.5, 0.6) is 5.75 Å². The maximum absolute atomic E-state index is 12.4. The van der Waals surface area contributed by atoms with Gasteiger partial charge in [-0.25, -0.2) is 0 Å². The van der Waals surface area contributed by atoms with E-state index in [9.17, 15) is 4.79 Å². The van der Waals surface area contributed by atoms with Crippen LogP contribution in [-0.2, 0) is 6.42 Å². The van der Waals surface area contributed by atoms with Crippen molar-refractivity contribution < 1.29 is 14.6 Å². The Morgan fingerprint density at radius 1 is 1.18 bits per heavy atom. The van der Waals surface area contributed by atoms with Gasteiger partial charge in [0.05, 0.1) is 16.7 Å². The molecule has 0 atom stereocenters. The fourth-order valence-corrected chi connectivity index (χ4v) is 3.61. The third-order valence-electron chi connectivity index (χ3n) is 4.99. The van der Waals surface area contributed by atoms with Crippen molar-refractivity contribution in [2.45, 2.75) is 44.2 Å². The Kier molecular flexibility index (Phi) is 6.91. The van der Waals surface area contributed by atoms with Crippen LogP contribution in [0.3, 0.4) is 0 Å². The van der Waals surface area contributed by atoms with Gasteiger partial charge in [-0.15, -0.1) is 0 Å². The van der Waals surface area contributed by atoms with Crippen LogP contribution in [0.2, 0.25) is 5.02 Å². The molecule has 1 aliphatic rings. The van der Waals surface area contributed by atoms with Gasteiger partial charge in [0.2, 0.25) is 0 Å². The summed E-state index contributed by atoms with van der Waals surface area (Å²) in [7, 11) is 0. The number of halogens is 1. The van der Waals surface area contributed by atoms with Crippen LogP contribution in [0.4, 0.5) is 0 Å². The maximum Gasteiger partial charge on any atom is 0.251 e. The molecule has 0 radical (unpaired) electrons. The third kappa shape index (κ3) is 5.25. The Hall–Kier alpha value is -2.55. The van der Waals surface area contributed by atoms with E-state index in [0.29, 0.717) is 28.3 Å². The third-order valence-corrected chi connectivity index (χ3v) is 5.30. The molecule has 5 nitrogen and oxygen atoms in total. The molecule has 2 N–H and O–H groups in total. The Morgan fingerprint density at radius 3 is 2.50 bits per heavy atom. The molecule has 6 heteroatoms. The molecular formula is C22H23ClN2O3. The number of ether oxygens (including phenoxy) is 1. The molecule has 1 saturated carbocycles. The first-order valence-electron chi connectivity index (χ1n) is 9.46. The number of aliphatic hydroxyl groups excluding tert-OH is 1. The Labute approximate surface area is 169 Å². The van der Waals surface area contributed by atoms with Gasteiger partial charge < -0.3 is 15.2 Å². The summed E-state index contributed by atoms with van der Waals surface area (Å²) >= 11 is 6.05.